The first-order chi connectivity index (χ1) is 8.13. The lowest BCUT2D eigenvalue weighted by molar-refractivity contribution is -0.137. The van der Waals surface area contributed by atoms with Crippen molar-refractivity contribution in [3.8, 4) is 0 Å². The molecule has 3 nitrogen and oxygen atoms in total. The van der Waals surface area contributed by atoms with Gasteiger partial charge in [-0.15, -0.1) is 0 Å². The molecule has 4 heteroatoms. The molecule has 1 aromatic carbocycles. The number of hydrogen-bond acceptors (Lipinski definition) is 1. The van der Waals surface area contributed by atoms with E-state index < -0.39 is 5.97 Å². The Labute approximate surface area is 98.3 Å². The molecule has 0 aliphatic rings. The van der Waals surface area contributed by atoms with Gasteiger partial charge < -0.3 is 10.1 Å². The molecular weight excluding hydrogens is 221 g/mol. The number of carboxylic acids is 1. The molecule has 1 unspecified atom stereocenters. The first-order valence-electron chi connectivity index (χ1n) is 5.60. The topological polar surface area (TPSA) is 53.1 Å². The van der Waals surface area contributed by atoms with E-state index in [4.69, 9.17) is 5.11 Å². The molecule has 1 heterocycles. The molecule has 0 saturated carbocycles. The third-order valence-electron chi connectivity index (χ3n) is 3.04. The van der Waals surface area contributed by atoms with Crippen LogP contribution >= 0.6 is 0 Å². The van der Waals surface area contributed by atoms with Crippen molar-refractivity contribution >= 4 is 16.9 Å². The van der Waals surface area contributed by atoms with Crippen molar-refractivity contribution in [2.24, 2.45) is 0 Å². The SMILES string of the molecule is CCC(CC(=O)O)c1c[nH]c2cccc(F)c12. The highest BCUT2D eigenvalue weighted by molar-refractivity contribution is 5.85. The van der Waals surface area contributed by atoms with E-state index in [0.717, 1.165) is 5.56 Å². The van der Waals surface area contributed by atoms with E-state index in [1.165, 1.54) is 6.07 Å². The normalized spacial score (nSPS) is 12.8. The second-order valence-corrected chi connectivity index (χ2v) is 4.11. The van der Waals surface area contributed by atoms with Crippen molar-refractivity contribution in [3.05, 3.63) is 35.8 Å². The third kappa shape index (κ3) is 2.16. The predicted octanol–water partition coefficient (Wildman–Crippen LogP) is 3.28. The van der Waals surface area contributed by atoms with Crippen molar-refractivity contribution in [1.29, 1.82) is 0 Å². The van der Waals surface area contributed by atoms with Crippen LogP contribution in [0.25, 0.3) is 10.9 Å². The van der Waals surface area contributed by atoms with Gasteiger partial charge in [-0.2, -0.15) is 0 Å². The zero-order chi connectivity index (χ0) is 12.4. The Balaban J connectivity index is 2.50. The highest BCUT2D eigenvalue weighted by atomic mass is 19.1. The number of carbonyl (C=O) groups is 1. The van der Waals surface area contributed by atoms with Gasteiger partial charge in [0, 0.05) is 17.1 Å². The lowest BCUT2D eigenvalue weighted by Crippen LogP contribution is -2.05. The Morgan fingerprint density at radius 3 is 2.94 bits per heavy atom. The number of aromatic amines is 1. The van der Waals surface area contributed by atoms with Crippen LogP contribution in [-0.4, -0.2) is 16.1 Å². The summed E-state index contributed by atoms with van der Waals surface area (Å²) in [7, 11) is 0. The van der Waals surface area contributed by atoms with Gasteiger partial charge in [-0.25, -0.2) is 4.39 Å². The van der Waals surface area contributed by atoms with Crippen molar-refractivity contribution in [3.63, 3.8) is 0 Å². The molecule has 0 bridgehead atoms. The molecule has 2 N–H and O–H groups in total. The van der Waals surface area contributed by atoms with Gasteiger partial charge in [-0.05, 0) is 30.0 Å². The van der Waals surface area contributed by atoms with Gasteiger partial charge in [0.2, 0.25) is 0 Å². The summed E-state index contributed by atoms with van der Waals surface area (Å²) in [5.74, 6) is -1.32. The van der Waals surface area contributed by atoms with Crippen LogP contribution in [0.5, 0.6) is 0 Å². The van der Waals surface area contributed by atoms with Crippen molar-refractivity contribution in [1.82, 2.24) is 4.98 Å². The molecule has 2 rings (SSSR count). The van der Waals surface area contributed by atoms with E-state index in [0.29, 0.717) is 17.3 Å². The number of aromatic nitrogens is 1. The number of carboxylic acid groups (broad SMARTS) is 1. The molecule has 0 saturated heterocycles. The summed E-state index contributed by atoms with van der Waals surface area (Å²) >= 11 is 0. The Hall–Kier alpha value is -1.84. The first-order valence-corrected chi connectivity index (χ1v) is 5.60. The van der Waals surface area contributed by atoms with Crippen LogP contribution in [0.3, 0.4) is 0 Å². The molecule has 1 aromatic heterocycles. The van der Waals surface area contributed by atoms with E-state index in [9.17, 15) is 9.18 Å². The summed E-state index contributed by atoms with van der Waals surface area (Å²) in [6, 6.07) is 4.82. The highest BCUT2D eigenvalue weighted by Crippen LogP contribution is 2.31. The monoisotopic (exact) mass is 235 g/mol. The van der Waals surface area contributed by atoms with Crippen molar-refractivity contribution < 1.29 is 14.3 Å². The minimum Gasteiger partial charge on any atom is -0.481 e. The van der Waals surface area contributed by atoms with E-state index in [-0.39, 0.29) is 18.2 Å². The van der Waals surface area contributed by atoms with Crippen LogP contribution in [0.2, 0.25) is 0 Å². The van der Waals surface area contributed by atoms with Gasteiger partial charge in [0.25, 0.3) is 0 Å². The van der Waals surface area contributed by atoms with Crippen LogP contribution in [0, 0.1) is 5.82 Å². The molecule has 2 aromatic rings. The fraction of sp³-hybridized carbons (Fsp3) is 0.308. The summed E-state index contributed by atoms with van der Waals surface area (Å²) in [5, 5.41) is 9.37. The number of benzene rings is 1. The fourth-order valence-corrected chi connectivity index (χ4v) is 2.17. The number of fused-ring (bicyclic) bond motifs is 1. The van der Waals surface area contributed by atoms with Crippen LogP contribution in [0.1, 0.15) is 31.2 Å². The molecule has 1 atom stereocenters. The summed E-state index contributed by atoms with van der Waals surface area (Å²) in [6.45, 7) is 1.91. The molecule has 0 spiro atoms. The summed E-state index contributed by atoms with van der Waals surface area (Å²) in [6.07, 6.45) is 2.41. The molecular formula is C13H14FNO2. The Morgan fingerprint density at radius 2 is 2.29 bits per heavy atom. The standard InChI is InChI=1S/C13H14FNO2/c1-2-8(6-12(16)17)9-7-15-11-5-3-4-10(14)13(9)11/h3-5,7-8,15H,2,6H2,1H3,(H,16,17). The van der Waals surface area contributed by atoms with Gasteiger partial charge in [0.15, 0.2) is 0 Å². The lowest BCUT2D eigenvalue weighted by atomic mass is 9.93. The number of aliphatic carboxylic acids is 1. The largest absolute Gasteiger partial charge is 0.481 e. The maximum atomic E-state index is 13.7. The molecule has 0 aliphatic heterocycles. The third-order valence-corrected chi connectivity index (χ3v) is 3.04. The van der Waals surface area contributed by atoms with Gasteiger partial charge in [0.05, 0.1) is 6.42 Å². The van der Waals surface area contributed by atoms with Crippen molar-refractivity contribution in [2.45, 2.75) is 25.7 Å². The zero-order valence-corrected chi connectivity index (χ0v) is 9.53. The molecule has 0 radical (unpaired) electrons. The molecule has 0 amide bonds. The van der Waals surface area contributed by atoms with E-state index >= 15 is 0 Å². The fourth-order valence-electron chi connectivity index (χ4n) is 2.17. The minimum absolute atomic E-state index is 0.0256. The van der Waals surface area contributed by atoms with Crippen LogP contribution in [-0.2, 0) is 4.79 Å². The number of H-pyrrole nitrogens is 1. The Morgan fingerprint density at radius 1 is 1.53 bits per heavy atom. The van der Waals surface area contributed by atoms with Gasteiger partial charge >= 0.3 is 5.97 Å². The second-order valence-electron chi connectivity index (χ2n) is 4.11. The minimum atomic E-state index is -0.859. The first kappa shape index (κ1) is 11.6. The summed E-state index contributed by atoms with van der Waals surface area (Å²) in [4.78, 5) is 13.8. The van der Waals surface area contributed by atoms with Crippen molar-refractivity contribution in [2.75, 3.05) is 0 Å². The molecule has 17 heavy (non-hydrogen) atoms. The van der Waals surface area contributed by atoms with E-state index in [1.807, 2.05) is 6.92 Å². The predicted molar refractivity (Wildman–Crippen MR) is 63.5 cm³/mol. The summed E-state index contributed by atoms with van der Waals surface area (Å²) < 4.78 is 13.7. The zero-order valence-electron chi connectivity index (χ0n) is 9.53. The average molecular weight is 235 g/mol. The maximum Gasteiger partial charge on any atom is 0.303 e. The molecule has 0 fully saturated rings. The molecule has 0 aliphatic carbocycles. The molecule has 90 valence electrons. The smallest absolute Gasteiger partial charge is 0.303 e. The Kier molecular flexibility index (Phi) is 3.13. The van der Waals surface area contributed by atoms with Crippen LogP contribution in [0.4, 0.5) is 4.39 Å². The van der Waals surface area contributed by atoms with Crippen LogP contribution in [0.15, 0.2) is 24.4 Å². The van der Waals surface area contributed by atoms with Gasteiger partial charge in [0.1, 0.15) is 5.82 Å². The number of rotatable bonds is 4. The van der Waals surface area contributed by atoms with E-state index in [2.05, 4.69) is 4.98 Å². The maximum absolute atomic E-state index is 13.7. The average Bonchev–Trinajstić information content (AvgIpc) is 2.71. The number of nitrogens with one attached hydrogen (secondary N) is 1. The van der Waals surface area contributed by atoms with E-state index in [1.54, 1.807) is 18.3 Å². The number of halogens is 1. The highest BCUT2D eigenvalue weighted by Gasteiger charge is 2.19. The second kappa shape index (κ2) is 4.57. The lowest BCUT2D eigenvalue weighted by Gasteiger charge is -2.11. The van der Waals surface area contributed by atoms with Gasteiger partial charge in [-0.3, -0.25) is 4.79 Å². The number of hydrogen-bond donors (Lipinski definition) is 2. The van der Waals surface area contributed by atoms with Crippen LogP contribution < -0.4 is 0 Å². The quantitative estimate of drug-likeness (QED) is 0.854. The van der Waals surface area contributed by atoms with Gasteiger partial charge in [-0.1, -0.05) is 13.0 Å². The Bertz CT molecular complexity index is 547. The summed E-state index contributed by atoms with van der Waals surface area (Å²) in [5.41, 5.74) is 1.46.